The fourth-order valence-electron chi connectivity index (χ4n) is 3.10. The van der Waals surface area contributed by atoms with Gasteiger partial charge in [-0.1, -0.05) is 31.7 Å². The molecule has 3 heterocycles. The van der Waals surface area contributed by atoms with Gasteiger partial charge in [0.25, 0.3) is 5.56 Å². The van der Waals surface area contributed by atoms with Crippen molar-refractivity contribution in [2.45, 2.75) is 45.3 Å². The highest BCUT2D eigenvalue weighted by Gasteiger charge is 2.20. The molecule has 3 aromatic heterocycles. The highest BCUT2D eigenvalue weighted by atomic mass is 32.2. The molecular formula is C20H25N5O3S2. The number of nitrogens with one attached hydrogen (secondary N) is 1. The quantitative estimate of drug-likeness (QED) is 0.441. The Bertz CT molecular complexity index is 1180. The second-order valence-corrected chi connectivity index (χ2v) is 9.46. The zero-order chi connectivity index (χ0) is 22.0. The van der Waals surface area contributed by atoms with Crippen LogP contribution in [-0.2, 0) is 18.4 Å². The van der Waals surface area contributed by atoms with Crippen molar-refractivity contribution in [3.8, 4) is 0 Å². The van der Waals surface area contributed by atoms with E-state index in [-0.39, 0.29) is 29.0 Å². The van der Waals surface area contributed by atoms with Gasteiger partial charge in [-0.2, -0.15) is 0 Å². The molecule has 8 nitrogen and oxygen atoms in total. The van der Waals surface area contributed by atoms with Crippen LogP contribution in [0.5, 0.6) is 0 Å². The summed E-state index contributed by atoms with van der Waals surface area (Å²) in [7, 11) is 1.45. The maximum atomic E-state index is 12.9. The van der Waals surface area contributed by atoms with Crippen LogP contribution in [0.1, 0.15) is 37.5 Å². The smallest absolute Gasteiger partial charge is 0.332 e. The van der Waals surface area contributed by atoms with Gasteiger partial charge >= 0.3 is 5.69 Å². The molecule has 1 N–H and O–H groups in total. The molecule has 0 saturated carbocycles. The second kappa shape index (κ2) is 9.13. The fraction of sp³-hybridized carbons (Fsp3) is 0.450. The lowest BCUT2D eigenvalue weighted by Gasteiger charge is -2.15. The van der Waals surface area contributed by atoms with Gasteiger partial charge in [0.2, 0.25) is 5.91 Å². The van der Waals surface area contributed by atoms with E-state index >= 15 is 0 Å². The molecule has 3 rings (SSSR count). The summed E-state index contributed by atoms with van der Waals surface area (Å²) in [6.45, 7) is 8.06. The molecule has 1 unspecified atom stereocenters. The summed E-state index contributed by atoms with van der Waals surface area (Å²) >= 11 is 2.76. The molecule has 0 aliphatic carbocycles. The van der Waals surface area contributed by atoms with Crippen molar-refractivity contribution in [2.75, 3.05) is 5.75 Å². The van der Waals surface area contributed by atoms with Crippen molar-refractivity contribution >= 4 is 40.0 Å². The molecule has 10 heteroatoms. The number of amides is 1. The Morgan fingerprint density at radius 1 is 1.27 bits per heavy atom. The molecule has 160 valence electrons. The highest BCUT2D eigenvalue weighted by Crippen LogP contribution is 2.23. The fourth-order valence-corrected chi connectivity index (χ4v) is 4.71. The van der Waals surface area contributed by atoms with Gasteiger partial charge in [0.1, 0.15) is 16.2 Å². The summed E-state index contributed by atoms with van der Waals surface area (Å²) in [5, 5.41) is 5.61. The summed E-state index contributed by atoms with van der Waals surface area (Å²) in [4.78, 5) is 47.8. The number of hydrogen-bond acceptors (Lipinski definition) is 7. The van der Waals surface area contributed by atoms with Gasteiger partial charge in [0.15, 0.2) is 5.65 Å². The summed E-state index contributed by atoms with van der Waals surface area (Å²) in [6.07, 6.45) is 0. The van der Waals surface area contributed by atoms with Crippen LogP contribution in [0.4, 0.5) is 0 Å². The number of thiophene rings is 1. The van der Waals surface area contributed by atoms with Gasteiger partial charge < -0.3 is 5.32 Å². The Kier molecular flexibility index (Phi) is 6.77. The monoisotopic (exact) mass is 447 g/mol. The Labute approximate surface area is 182 Å². The number of nitrogens with zero attached hydrogens (tertiary/aromatic N) is 4. The van der Waals surface area contributed by atoms with Crippen molar-refractivity contribution < 1.29 is 4.79 Å². The Morgan fingerprint density at radius 3 is 2.63 bits per heavy atom. The predicted octanol–water partition coefficient (Wildman–Crippen LogP) is 2.49. The topological polar surface area (TPSA) is 98.9 Å². The Hall–Kier alpha value is -2.46. The van der Waals surface area contributed by atoms with Crippen molar-refractivity contribution in [3.63, 3.8) is 0 Å². The third-order valence-electron chi connectivity index (χ3n) is 4.50. The molecule has 0 aliphatic heterocycles. The largest absolute Gasteiger partial charge is 0.348 e. The van der Waals surface area contributed by atoms with E-state index in [4.69, 9.17) is 0 Å². The number of fused-ring (bicyclic) bond motifs is 1. The first kappa shape index (κ1) is 22.2. The van der Waals surface area contributed by atoms with Crippen LogP contribution in [0.3, 0.4) is 0 Å². The molecule has 0 radical (unpaired) electrons. The van der Waals surface area contributed by atoms with E-state index in [0.29, 0.717) is 23.0 Å². The number of thioether (sulfide) groups is 1. The number of aryl methyl sites for hydroxylation is 1. The molecule has 0 spiro atoms. The molecule has 0 fully saturated rings. The molecule has 0 aromatic carbocycles. The van der Waals surface area contributed by atoms with E-state index < -0.39 is 11.2 Å². The standard InChI is InChI=1S/C20H25N5O3S2/c1-11(2)9-25-17-16(19(27)24(5)20(25)28)18(23-13(4)22-17)30-10-15(26)21-12(3)14-7-6-8-29-14/h6-8,11-12H,9-10H2,1-5H3,(H,21,26). The van der Waals surface area contributed by atoms with Crippen molar-refractivity contribution in [1.82, 2.24) is 24.4 Å². The molecule has 0 bridgehead atoms. The average Bonchev–Trinajstić information content (AvgIpc) is 3.22. The van der Waals surface area contributed by atoms with Crippen molar-refractivity contribution in [2.24, 2.45) is 13.0 Å². The van der Waals surface area contributed by atoms with E-state index in [0.717, 1.165) is 9.44 Å². The zero-order valence-electron chi connectivity index (χ0n) is 17.6. The third-order valence-corrected chi connectivity index (χ3v) is 6.53. The van der Waals surface area contributed by atoms with E-state index in [1.807, 2.05) is 38.3 Å². The molecule has 0 aliphatic rings. The SMILES string of the molecule is Cc1nc(SCC(=O)NC(C)c2cccs2)c2c(=O)n(C)c(=O)n(CC(C)C)c2n1. The molecule has 3 aromatic rings. The molecule has 0 saturated heterocycles. The number of carbonyl (C=O) groups excluding carboxylic acids is 1. The van der Waals surface area contributed by atoms with Crippen LogP contribution in [0.15, 0.2) is 32.1 Å². The molecule has 1 amide bonds. The van der Waals surface area contributed by atoms with Gasteiger partial charge in [-0.05, 0) is 31.2 Å². The van der Waals surface area contributed by atoms with E-state index in [2.05, 4.69) is 15.3 Å². The van der Waals surface area contributed by atoms with Gasteiger partial charge in [-0.25, -0.2) is 14.8 Å². The highest BCUT2D eigenvalue weighted by molar-refractivity contribution is 8.00. The number of carbonyl (C=O) groups is 1. The van der Waals surface area contributed by atoms with Crippen LogP contribution in [-0.4, -0.2) is 30.8 Å². The zero-order valence-corrected chi connectivity index (χ0v) is 19.3. The van der Waals surface area contributed by atoms with Gasteiger partial charge in [0.05, 0.1) is 11.8 Å². The maximum Gasteiger partial charge on any atom is 0.332 e. The number of aromatic nitrogens is 4. The van der Waals surface area contributed by atoms with Crippen LogP contribution in [0, 0.1) is 12.8 Å². The minimum atomic E-state index is -0.454. The number of hydrogen-bond donors (Lipinski definition) is 1. The first-order valence-corrected chi connectivity index (χ1v) is 11.5. The van der Waals surface area contributed by atoms with E-state index in [9.17, 15) is 14.4 Å². The summed E-state index contributed by atoms with van der Waals surface area (Å²) in [5.41, 5.74) is -0.540. The van der Waals surface area contributed by atoms with Crippen LogP contribution in [0.25, 0.3) is 11.0 Å². The summed E-state index contributed by atoms with van der Waals surface area (Å²) in [5.74, 6) is 0.590. The average molecular weight is 448 g/mol. The van der Waals surface area contributed by atoms with Gasteiger partial charge in [-0.3, -0.25) is 18.7 Å². The van der Waals surface area contributed by atoms with Gasteiger partial charge in [0, 0.05) is 18.5 Å². The lowest BCUT2D eigenvalue weighted by Crippen LogP contribution is -2.39. The second-order valence-electron chi connectivity index (χ2n) is 7.52. The third kappa shape index (κ3) is 4.65. The van der Waals surface area contributed by atoms with Gasteiger partial charge in [-0.15, -0.1) is 11.3 Å². The first-order valence-electron chi connectivity index (χ1n) is 9.62. The van der Waals surface area contributed by atoms with Crippen LogP contribution in [0.2, 0.25) is 0 Å². The van der Waals surface area contributed by atoms with Crippen LogP contribution >= 0.6 is 23.1 Å². The van der Waals surface area contributed by atoms with Crippen molar-refractivity contribution in [3.05, 3.63) is 49.1 Å². The van der Waals surface area contributed by atoms with Crippen molar-refractivity contribution in [1.29, 1.82) is 0 Å². The number of rotatable bonds is 7. The Morgan fingerprint density at radius 2 is 2.00 bits per heavy atom. The predicted molar refractivity (Wildman–Crippen MR) is 120 cm³/mol. The minimum Gasteiger partial charge on any atom is -0.348 e. The molecule has 1 atom stereocenters. The maximum absolute atomic E-state index is 12.9. The Balaban J connectivity index is 1.94. The summed E-state index contributed by atoms with van der Waals surface area (Å²) in [6, 6.07) is 3.83. The van der Waals surface area contributed by atoms with E-state index in [1.165, 1.54) is 23.4 Å². The molecule has 30 heavy (non-hydrogen) atoms. The molecular weight excluding hydrogens is 422 g/mol. The van der Waals surface area contributed by atoms with Crippen LogP contribution < -0.4 is 16.6 Å². The minimum absolute atomic E-state index is 0.0916. The van der Waals surface area contributed by atoms with E-state index in [1.54, 1.807) is 18.3 Å². The summed E-state index contributed by atoms with van der Waals surface area (Å²) < 4.78 is 2.59. The normalized spacial score (nSPS) is 12.5. The first-order chi connectivity index (χ1) is 14.2. The lowest BCUT2D eigenvalue weighted by molar-refractivity contribution is -0.119. The lowest BCUT2D eigenvalue weighted by atomic mass is 10.2.